The van der Waals surface area contributed by atoms with Crippen LogP contribution in [0.3, 0.4) is 0 Å². The standard InChI is InChI=1S/C22H32N4OS/c1-2-21(27)23-18-9-7-17(8-10-18)11-12-25-13-15-26(16-14-25)22-19-5-3-4-6-20(19)28-24-22/h3-6,17-18H,2,7-16H2,1H3,(H,23,27). The van der Waals surface area contributed by atoms with Crippen molar-refractivity contribution in [1.29, 1.82) is 0 Å². The zero-order valence-electron chi connectivity index (χ0n) is 16.9. The Hall–Kier alpha value is -1.66. The maximum atomic E-state index is 11.6. The van der Waals surface area contributed by atoms with Gasteiger partial charge in [-0.25, -0.2) is 0 Å². The molecule has 1 aliphatic heterocycles. The van der Waals surface area contributed by atoms with Crippen LogP contribution in [0.15, 0.2) is 24.3 Å². The SMILES string of the molecule is CCC(=O)NC1CCC(CCN2CCN(c3nsc4ccccc34)CC2)CC1. The van der Waals surface area contributed by atoms with Crippen molar-refractivity contribution in [2.24, 2.45) is 5.92 Å². The Balaban J connectivity index is 1.19. The molecule has 1 saturated carbocycles. The fourth-order valence-corrected chi connectivity index (χ4v) is 5.37. The van der Waals surface area contributed by atoms with Crippen molar-refractivity contribution in [3.8, 4) is 0 Å². The quantitative estimate of drug-likeness (QED) is 0.799. The van der Waals surface area contributed by atoms with Gasteiger partial charge in [0, 0.05) is 44.0 Å². The van der Waals surface area contributed by atoms with E-state index >= 15 is 0 Å². The van der Waals surface area contributed by atoms with Gasteiger partial charge < -0.3 is 10.2 Å². The number of nitrogens with zero attached hydrogens (tertiary/aromatic N) is 3. The summed E-state index contributed by atoms with van der Waals surface area (Å²) < 4.78 is 6.00. The van der Waals surface area contributed by atoms with Crippen LogP contribution in [0.1, 0.15) is 45.4 Å². The lowest BCUT2D eigenvalue weighted by Gasteiger charge is -2.36. The number of fused-ring (bicyclic) bond motifs is 1. The monoisotopic (exact) mass is 400 g/mol. The molecule has 6 heteroatoms. The van der Waals surface area contributed by atoms with Gasteiger partial charge in [0.1, 0.15) is 5.82 Å². The molecule has 28 heavy (non-hydrogen) atoms. The number of anilines is 1. The predicted octanol–water partition coefficient (Wildman–Crippen LogP) is 3.89. The first kappa shape index (κ1) is 19.6. The Kier molecular flexibility index (Phi) is 6.47. The van der Waals surface area contributed by atoms with Crippen LogP contribution >= 0.6 is 11.5 Å². The van der Waals surface area contributed by atoms with E-state index in [-0.39, 0.29) is 5.91 Å². The van der Waals surface area contributed by atoms with Crippen LogP contribution in [0.5, 0.6) is 0 Å². The molecule has 0 spiro atoms. The fraction of sp³-hybridized carbons (Fsp3) is 0.636. The van der Waals surface area contributed by atoms with E-state index in [0.717, 1.165) is 44.9 Å². The first-order valence-electron chi connectivity index (χ1n) is 10.8. The van der Waals surface area contributed by atoms with Crippen LogP contribution in [0.2, 0.25) is 0 Å². The summed E-state index contributed by atoms with van der Waals surface area (Å²) in [5, 5.41) is 4.46. The molecule has 0 bridgehead atoms. The molecule has 1 amide bonds. The molecule has 152 valence electrons. The van der Waals surface area contributed by atoms with Crippen LogP contribution in [0, 0.1) is 5.92 Å². The minimum atomic E-state index is 0.203. The molecule has 0 unspecified atom stereocenters. The molecule has 1 saturated heterocycles. The van der Waals surface area contributed by atoms with Gasteiger partial charge in [-0.2, -0.15) is 4.37 Å². The van der Waals surface area contributed by atoms with Gasteiger partial charge in [-0.3, -0.25) is 9.69 Å². The highest BCUT2D eigenvalue weighted by Crippen LogP contribution is 2.30. The Bertz CT molecular complexity index is 776. The molecular weight excluding hydrogens is 368 g/mol. The van der Waals surface area contributed by atoms with Gasteiger partial charge in [-0.15, -0.1) is 0 Å². The number of aromatic nitrogens is 1. The van der Waals surface area contributed by atoms with Crippen LogP contribution in [-0.2, 0) is 4.79 Å². The molecular formula is C22H32N4OS. The molecule has 1 aromatic heterocycles. The lowest BCUT2D eigenvalue weighted by Crippen LogP contribution is -2.47. The lowest BCUT2D eigenvalue weighted by atomic mass is 9.84. The minimum absolute atomic E-state index is 0.203. The van der Waals surface area contributed by atoms with E-state index in [0.29, 0.717) is 12.5 Å². The highest BCUT2D eigenvalue weighted by molar-refractivity contribution is 7.13. The minimum Gasteiger partial charge on any atom is -0.353 e. The number of piperazine rings is 1. The first-order chi connectivity index (χ1) is 13.7. The van der Waals surface area contributed by atoms with E-state index in [1.807, 2.05) is 6.92 Å². The molecule has 0 atom stereocenters. The normalized spacial score (nSPS) is 23.8. The molecule has 0 radical (unpaired) electrons. The number of benzene rings is 1. The van der Waals surface area contributed by atoms with Gasteiger partial charge in [0.15, 0.2) is 0 Å². The molecule has 1 N–H and O–H groups in total. The number of carbonyl (C=O) groups excluding carboxylic acids is 1. The van der Waals surface area contributed by atoms with Gasteiger partial charge in [0.05, 0.1) is 4.70 Å². The van der Waals surface area contributed by atoms with Gasteiger partial charge in [0.2, 0.25) is 5.91 Å². The van der Waals surface area contributed by atoms with E-state index < -0.39 is 0 Å². The maximum Gasteiger partial charge on any atom is 0.219 e. The first-order valence-corrected chi connectivity index (χ1v) is 11.6. The van der Waals surface area contributed by atoms with E-state index in [2.05, 4.69) is 39.4 Å². The molecule has 1 aliphatic carbocycles. The average Bonchev–Trinajstić information content (AvgIpc) is 3.18. The van der Waals surface area contributed by atoms with Crippen LogP contribution < -0.4 is 10.2 Å². The zero-order valence-corrected chi connectivity index (χ0v) is 17.7. The summed E-state index contributed by atoms with van der Waals surface area (Å²) in [7, 11) is 0. The van der Waals surface area contributed by atoms with Crippen molar-refractivity contribution in [1.82, 2.24) is 14.6 Å². The predicted molar refractivity (Wildman–Crippen MR) is 117 cm³/mol. The molecule has 2 heterocycles. The second-order valence-corrected chi connectivity index (χ2v) is 9.06. The lowest BCUT2D eigenvalue weighted by molar-refractivity contribution is -0.121. The average molecular weight is 401 g/mol. The second kappa shape index (κ2) is 9.23. The summed E-state index contributed by atoms with van der Waals surface area (Å²) in [4.78, 5) is 16.6. The van der Waals surface area contributed by atoms with Gasteiger partial charge in [-0.1, -0.05) is 19.1 Å². The van der Waals surface area contributed by atoms with Gasteiger partial charge >= 0.3 is 0 Å². The summed E-state index contributed by atoms with van der Waals surface area (Å²) in [6.45, 7) is 7.55. The Morgan fingerprint density at radius 1 is 1.14 bits per heavy atom. The molecule has 5 nitrogen and oxygen atoms in total. The topological polar surface area (TPSA) is 48.5 Å². The third-order valence-corrected chi connectivity index (χ3v) is 7.23. The van der Waals surface area contributed by atoms with Crippen molar-refractivity contribution < 1.29 is 4.79 Å². The highest BCUT2D eigenvalue weighted by Gasteiger charge is 2.24. The highest BCUT2D eigenvalue weighted by atomic mass is 32.1. The van der Waals surface area contributed by atoms with Crippen molar-refractivity contribution in [3.63, 3.8) is 0 Å². The fourth-order valence-electron chi connectivity index (χ4n) is 4.57. The Morgan fingerprint density at radius 2 is 1.89 bits per heavy atom. The van der Waals surface area contributed by atoms with E-state index in [4.69, 9.17) is 4.37 Å². The number of amides is 1. The van der Waals surface area contributed by atoms with Crippen LogP contribution in [-0.4, -0.2) is 53.9 Å². The van der Waals surface area contributed by atoms with Crippen molar-refractivity contribution >= 4 is 33.3 Å². The van der Waals surface area contributed by atoms with Crippen molar-refractivity contribution in [2.75, 3.05) is 37.6 Å². The van der Waals surface area contributed by atoms with Crippen LogP contribution in [0.4, 0.5) is 5.82 Å². The third-order valence-electron chi connectivity index (χ3n) is 6.42. The summed E-state index contributed by atoms with van der Waals surface area (Å²) in [6, 6.07) is 8.97. The summed E-state index contributed by atoms with van der Waals surface area (Å²) in [5.74, 6) is 2.21. The Morgan fingerprint density at radius 3 is 2.64 bits per heavy atom. The van der Waals surface area contributed by atoms with E-state index in [1.165, 1.54) is 41.7 Å². The van der Waals surface area contributed by atoms with E-state index in [1.54, 1.807) is 11.5 Å². The molecule has 2 aromatic rings. The number of hydrogen-bond donors (Lipinski definition) is 1. The summed E-state index contributed by atoms with van der Waals surface area (Å²) >= 11 is 1.61. The molecule has 2 aliphatic rings. The summed E-state index contributed by atoms with van der Waals surface area (Å²) in [5.41, 5.74) is 0. The van der Waals surface area contributed by atoms with Crippen molar-refractivity contribution in [2.45, 2.75) is 51.5 Å². The largest absolute Gasteiger partial charge is 0.353 e. The van der Waals surface area contributed by atoms with Crippen molar-refractivity contribution in [3.05, 3.63) is 24.3 Å². The van der Waals surface area contributed by atoms with Gasteiger partial charge in [-0.05, 0) is 68.2 Å². The van der Waals surface area contributed by atoms with Crippen LogP contribution in [0.25, 0.3) is 10.1 Å². The van der Waals surface area contributed by atoms with E-state index in [9.17, 15) is 4.79 Å². The number of nitrogens with one attached hydrogen (secondary N) is 1. The number of rotatable bonds is 6. The smallest absolute Gasteiger partial charge is 0.219 e. The van der Waals surface area contributed by atoms with Gasteiger partial charge in [0.25, 0.3) is 0 Å². The zero-order chi connectivity index (χ0) is 19.3. The summed E-state index contributed by atoms with van der Waals surface area (Å²) in [6.07, 6.45) is 6.73. The third kappa shape index (κ3) is 4.66. The molecule has 4 rings (SSSR count). The second-order valence-electron chi connectivity index (χ2n) is 8.26. The molecule has 2 fully saturated rings. The number of carbonyl (C=O) groups is 1. The number of hydrogen-bond acceptors (Lipinski definition) is 5. The molecule has 1 aromatic carbocycles. The maximum absolute atomic E-state index is 11.6. The Labute approximate surface area is 172 Å².